The van der Waals surface area contributed by atoms with Gasteiger partial charge in [-0.3, -0.25) is 4.99 Å². The second-order valence-electron chi connectivity index (χ2n) is 6.48. The molecule has 1 aromatic heterocycles. The number of hydrogen-bond donors (Lipinski definition) is 2. The van der Waals surface area contributed by atoms with E-state index in [4.69, 9.17) is 4.42 Å². The van der Waals surface area contributed by atoms with E-state index in [0.29, 0.717) is 37.0 Å². The van der Waals surface area contributed by atoms with Gasteiger partial charge in [0.2, 0.25) is 10.0 Å². The van der Waals surface area contributed by atoms with Gasteiger partial charge in [-0.15, -0.1) is 24.0 Å². The van der Waals surface area contributed by atoms with Gasteiger partial charge in [0.1, 0.15) is 0 Å². The highest BCUT2D eigenvalue weighted by Crippen LogP contribution is 2.23. The number of hydrogen-bond acceptors (Lipinski definition) is 4. The summed E-state index contributed by atoms with van der Waals surface area (Å²) in [5, 5.41) is 6.37. The van der Waals surface area contributed by atoms with Crippen molar-refractivity contribution in [3.05, 3.63) is 54.0 Å². The van der Waals surface area contributed by atoms with E-state index in [9.17, 15) is 8.42 Å². The molecule has 154 valence electrons. The lowest BCUT2D eigenvalue weighted by Gasteiger charge is -2.27. The van der Waals surface area contributed by atoms with Gasteiger partial charge >= 0.3 is 0 Å². The zero-order valence-corrected chi connectivity index (χ0v) is 19.1. The number of guanidine groups is 1. The zero-order chi connectivity index (χ0) is 19.1. The van der Waals surface area contributed by atoms with Crippen LogP contribution >= 0.6 is 24.0 Å². The third kappa shape index (κ3) is 5.71. The number of nitrogens with one attached hydrogen (secondary N) is 2. The molecule has 1 aliphatic heterocycles. The van der Waals surface area contributed by atoms with Crippen LogP contribution in [0.25, 0.3) is 0 Å². The van der Waals surface area contributed by atoms with Gasteiger partial charge in [-0.1, -0.05) is 24.6 Å². The van der Waals surface area contributed by atoms with E-state index < -0.39 is 10.0 Å². The van der Waals surface area contributed by atoms with Crippen molar-refractivity contribution in [1.29, 1.82) is 0 Å². The van der Waals surface area contributed by atoms with E-state index in [1.54, 1.807) is 36.0 Å². The zero-order valence-electron chi connectivity index (χ0n) is 15.9. The summed E-state index contributed by atoms with van der Waals surface area (Å²) >= 11 is 0. The van der Waals surface area contributed by atoms with Crippen molar-refractivity contribution < 1.29 is 12.8 Å². The molecule has 1 fully saturated rings. The molecule has 0 radical (unpaired) electrons. The lowest BCUT2D eigenvalue weighted by atomic mass is 10.2. The van der Waals surface area contributed by atoms with Gasteiger partial charge in [0, 0.05) is 38.8 Å². The first-order valence-electron chi connectivity index (χ1n) is 9.15. The summed E-state index contributed by atoms with van der Waals surface area (Å²) in [5.41, 5.74) is 1.74. The van der Waals surface area contributed by atoms with Crippen molar-refractivity contribution in [1.82, 2.24) is 14.9 Å². The van der Waals surface area contributed by atoms with Crippen LogP contribution in [0.3, 0.4) is 0 Å². The number of aliphatic imine (C=N–C) groups is 1. The molecule has 0 aliphatic carbocycles. The molecule has 0 bridgehead atoms. The van der Waals surface area contributed by atoms with Crippen LogP contribution in [-0.4, -0.2) is 38.8 Å². The standard InChI is InChI=1S/C19H26N4O3S.HI/c1-20-19(21-13-16-9-12-26-15-16)22-14-17-7-3-4-8-18(17)27(24,25)23-10-5-2-6-11-23;/h3-4,7-9,12,15H,2,5-6,10-11,13-14H2,1H3,(H2,20,21,22);1H. The number of furan rings is 1. The SMILES string of the molecule is CN=C(NCc1ccoc1)NCc1ccccc1S(=O)(=O)N1CCCCC1.I. The lowest BCUT2D eigenvalue weighted by Crippen LogP contribution is -2.38. The molecule has 0 amide bonds. The minimum Gasteiger partial charge on any atom is -0.472 e. The van der Waals surface area contributed by atoms with Crippen molar-refractivity contribution in [3.8, 4) is 0 Å². The lowest BCUT2D eigenvalue weighted by molar-refractivity contribution is 0.346. The van der Waals surface area contributed by atoms with Crippen LogP contribution in [0.5, 0.6) is 0 Å². The number of rotatable bonds is 6. The molecule has 1 saturated heterocycles. The van der Waals surface area contributed by atoms with E-state index in [-0.39, 0.29) is 24.0 Å². The van der Waals surface area contributed by atoms with Gasteiger partial charge in [-0.2, -0.15) is 4.31 Å². The highest BCUT2D eigenvalue weighted by Gasteiger charge is 2.27. The molecule has 28 heavy (non-hydrogen) atoms. The Kier molecular flexibility index (Phi) is 8.77. The molecular weight excluding hydrogens is 491 g/mol. The van der Waals surface area contributed by atoms with E-state index in [1.165, 1.54) is 0 Å². The minimum atomic E-state index is -3.47. The maximum atomic E-state index is 13.0. The fourth-order valence-corrected chi connectivity index (χ4v) is 4.86. The molecular formula is C19H27IN4O3S. The molecule has 0 unspecified atom stereocenters. The highest BCUT2D eigenvalue weighted by molar-refractivity contribution is 14.0. The number of benzene rings is 1. The normalized spacial score (nSPS) is 15.7. The Morgan fingerprint density at radius 3 is 2.50 bits per heavy atom. The van der Waals surface area contributed by atoms with E-state index in [1.807, 2.05) is 18.2 Å². The molecule has 0 saturated carbocycles. The van der Waals surface area contributed by atoms with Crippen molar-refractivity contribution in [2.75, 3.05) is 20.1 Å². The van der Waals surface area contributed by atoms with E-state index >= 15 is 0 Å². The largest absolute Gasteiger partial charge is 0.472 e. The average Bonchev–Trinajstić information content (AvgIpc) is 3.22. The average molecular weight is 518 g/mol. The topological polar surface area (TPSA) is 86.9 Å². The molecule has 3 rings (SSSR count). The fourth-order valence-electron chi connectivity index (χ4n) is 3.12. The van der Waals surface area contributed by atoms with Crippen LogP contribution in [0.4, 0.5) is 0 Å². The van der Waals surface area contributed by atoms with E-state index in [2.05, 4.69) is 15.6 Å². The molecule has 7 nitrogen and oxygen atoms in total. The fraction of sp³-hybridized carbons (Fsp3) is 0.421. The Bertz CT molecular complexity index is 863. The Morgan fingerprint density at radius 1 is 1.11 bits per heavy atom. The van der Waals surface area contributed by atoms with Crippen molar-refractivity contribution in [2.45, 2.75) is 37.2 Å². The van der Waals surface area contributed by atoms with Gasteiger partial charge in [0.25, 0.3) is 0 Å². The first-order chi connectivity index (χ1) is 13.1. The third-order valence-corrected chi connectivity index (χ3v) is 6.61. The molecule has 1 aromatic carbocycles. The summed E-state index contributed by atoms with van der Waals surface area (Å²) in [6, 6.07) is 9.02. The highest BCUT2D eigenvalue weighted by atomic mass is 127. The smallest absolute Gasteiger partial charge is 0.243 e. The summed E-state index contributed by atoms with van der Waals surface area (Å²) in [5.74, 6) is 0.598. The van der Waals surface area contributed by atoms with Gasteiger partial charge in [0.05, 0.1) is 17.4 Å². The van der Waals surface area contributed by atoms with Crippen molar-refractivity contribution in [2.24, 2.45) is 4.99 Å². The molecule has 0 spiro atoms. The molecule has 1 aliphatic rings. The maximum Gasteiger partial charge on any atom is 0.243 e. The van der Waals surface area contributed by atoms with Crippen LogP contribution in [-0.2, 0) is 23.1 Å². The number of halogens is 1. The van der Waals surface area contributed by atoms with Crippen LogP contribution < -0.4 is 10.6 Å². The van der Waals surface area contributed by atoms with Gasteiger partial charge in [0.15, 0.2) is 5.96 Å². The predicted molar refractivity (Wildman–Crippen MR) is 120 cm³/mol. The first kappa shape index (κ1) is 22.7. The third-order valence-electron chi connectivity index (χ3n) is 4.62. The number of nitrogens with zero attached hydrogens (tertiary/aromatic N) is 2. The monoisotopic (exact) mass is 518 g/mol. The summed E-state index contributed by atoms with van der Waals surface area (Å²) in [6.45, 7) is 2.13. The molecule has 2 heterocycles. The van der Waals surface area contributed by atoms with Gasteiger partial charge < -0.3 is 15.1 Å². The van der Waals surface area contributed by atoms with Crippen molar-refractivity contribution >= 4 is 40.0 Å². The predicted octanol–water partition coefficient (Wildman–Crippen LogP) is 2.94. The molecule has 2 aromatic rings. The maximum absolute atomic E-state index is 13.0. The Morgan fingerprint density at radius 2 is 1.82 bits per heavy atom. The number of sulfonamides is 1. The summed E-state index contributed by atoms with van der Waals surface area (Å²) in [4.78, 5) is 4.55. The van der Waals surface area contributed by atoms with Gasteiger partial charge in [-0.05, 0) is 30.5 Å². The quantitative estimate of drug-likeness (QED) is 0.349. The van der Waals surface area contributed by atoms with E-state index in [0.717, 1.165) is 30.4 Å². The Labute approximate surface area is 183 Å². The molecule has 0 atom stereocenters. The summed E-state index contributed by atoms with van der Waals surface area (Å²) < 4.78 is 32.7. The van der Waals surface area contributed by atoms with Gasteiger partial charge in [-0.25, -0.2) is 8.42 Å². The Hall–Kier alpha value is -1.59. The Balaban J connectivity index is 0.00000280. The second kappa shape index (κ2) is 10.8. The van der Waals surface area contributed by atoms with Crippen molar-refractivity contribution in [3.63, 3.8) is 0 Å². The first-order valence-corrected chi connectivity index (χ1v) is 10.6. The van der Waals surface area contributed by atoms with Crippen LogP contribution in [0, 0.1) is 0 Å². The van der Waals surface area contributed by atoms with Crippen LogP contribution in [0.2, 0.25) is 0 Å². The molecule has 2 N–H and O–H groups in total. The number of piperidine rings is 1. The molecule has 9 heteroatoms. The summed E-state index contributed by atoms with van der Waals surface area (Å²) in [7, 11) is -1.79. The van der Waals surface area contributed by atoms with Crippen LogP contribution in [0.1, 0.15) is 30.4 Å². The second-order valence-corrected chi connectivity index (χ2v) is 8.39. The minimum absolute atomic E-state index is 0. The summed E-state index contributed by atoms with van der Waals surface area (Å²) in [6.07, 6.45) is 6.22. The van der Waals surface area contributed by atoms with Crippen LogP contribution in [0.15, 0.2) is 57.2 Å².